The summed E-state index contributed by atoms with van der Waals surface area (Å²) in [6.45, 7) is 4.47. The first-order valence-electron chi connectivity index (χ1n) is 8.17. The van der Waals surface area contributed by atoms with Crippen molar-refractivity contribution in [3.63, 3.8) is 0 Å². The Labute approximate surface area is 152 Å². The number of amides is 1. The van der Waals surface area contributed by atoms with Gasteiger partial charge in [-0.25, -0.2) is 0 Å². The van der Waals surface area contributed by atoms with Crippen LogP contribution in [-0.4, -0.2) is 34.9 Å². The van der Waals surface area contributed by atoms with Crippen LogP contribution in [0, 0.1) is 13.8 Å². The van der Waals surface area contributed by atoms with Gasteiger partial charge in [-0.05, 0) is 25.5 Å². The average molecular weight is 359 g/mol. The largest absolute Gasteiger partial charge is 0.496 e. The van der Waals surface area contributed by atoms with Crippen LogP contribution >= 0.6 is 0 Å². The van der Waals surface area contributed by atoms with Crippen LogP contribution in [0.5, 0.6) is 5.75 Å². The van der Waals surface area contributed by atoms with Gasteiger partial charge in [-0.15, -0.1) is 0 Å². The second-order valence-corrected chi connectivity index (χ2v) is 7.74. The average Bonchev–Trinajstić information content (AvgIpc) is 2.54. The Morgan fingerprint density at radius 2 is 1.76 bits per heavy atom. The molecule has 4 nitrogen and oxygen atoms in total. The summed E-state index contributed by atoms with van der Waals surface area (Å²) in [4.78, 5) is 14.0. The second kappa shape index (κ2) is 8.81. The Morgan fingerprint density at radius 1 is 1.12 bits per heavy atom. The molecule has 0 radical (unpaired) electrons. The highest BCUT2D eigenvalue weighted by Gasteiger charge is 2.15. The second-order valence-electron chi connectivity index (χ2n) is 6.29. The number of carbonyl (C=O) groups is 1. The summed E-state index contributed by atoms with van der Waals surface area (Å²) in [6, 6.07) is 13.7. The monoisotopic (exact) mass is 359 g/mol. The van der Waals surface area contributed by atoms with Crippen molar-refractivity contribution in [2.75, 3.05) is 19.9 Å². The third kappa shape index (κ3) is 5.71. The molecule has 0 aliphatic heterocycles. The quantitative estimate of drug-likeness (QED) is 0.763. The number of ether oxygens (including phenoxy) is 1. The van der Waals surface area contributed by atoms with E-state index in [2.05, 4.69) is 6.07 Å². The normalized spacial score (nSPS) is 11.8. The first-order valence-corrected chi connectivity index (χ1v) is 9.66. The Balaban J connectivity index is 1.95. The van der Waals surface area contributed by atoms with Crippen LogP contribution in [0.3, 0.4) is 0 Å². The number of hydrogen-bond donors (Lipinski definition) is 0. The molecule has 0 aliphatic carbocycles. The molecule has 25 heavy (non-hydrogen) atoms. The molecule has 0 saturated carbocycles. The molecule has 2 aromatic carbocycles. The zero-order chi connectivity index (χ0) is 18.4. The predicted molar refractivity (Wildman–Crippen MR) is 102 cm³/mol. The maximum Gasteiger partial charge on any atom is 0.235 e. The van der Waals surface area contributed by atoms with Crippen LogP contribution in [0.2, 0.25) is 0 Å². The van der Waals surface area contributed by atoms with Crippen LogP contribution in [-0.2, 0) is 27.9 Å². The van der Waals surface area contributed by atoms with Crippen LogP contribution in [0.4, 0.5) is 0 Å². The minimum atomic E-state index is -1.23. The molecular weight excluding hydrogens is 334 g/mol. The van der Waals surface area contributed by atoms with Gasteiger partial charge in [0.25, 0.3) is 0 Å². The fourth-order valence-electron chi connectivity index (χ4n) is 2.81. The van der Waals surface area contributed by atoms with Gasteiger partial charge in [0.1, 0.15) is 11.5 Å². The Bertz CT molecular complexity index is 753. The number of benzene rings is 2. The molecule has 0 aromatic heterocycles. The first kappa shape index (κ1) is 19.2. The van der Waals surface area contributed by atoms with Crippen molar-refractivity contribution in [2.24, 2.45) is 0 Å². The van der Waals surface area contributed by atoms with Crippen molar-refractivity contribution in [1.29, 1.82) is 0 Å². The topological polar surface area (TPSA) is 46.6 Å². The molecule has 0 saturated heterocycles. The summed E-state index contributed by atoms with van der Waals surface area (Å²) >= 11 is 0. The molecule has 0 heterocycles. The minimum absolute atomic E-state index is 0.0264. The minimum Gasteiger partial charge on any atom is -0.496 e. The summed E-state index contributed by atoms with van der Waals surface area (Å²) < 4.78 is 17.7. The van der Waals surface area contributed by atoms with Crippen LogP contribution in [0.25, 0.3) is 0 Å². The van der Waals surface area contributed by atoms with Gasteiger partial charge in [0.15, 0.2) is 0 Å². The summed E-state index contributed by atoms with van der Waals surface area (Å²) in [6.07, 6.45) is 0. The number of rotatable bonds is 7. The van der Waals surface area contributed by atoms with Crippen molar-refractivity contribution in [2.45, 2.75) is 26.1 Å². The lowest BCUT2D eigenvalue weighted by molar-refractivity contribution is -0.127. The lowest BCUT2D eigenvalue weighted by Gasteiger charge is -2.18. The summed E-state index contributed by atoms with van der Waals surface area (Å²) in [5.74, 6) is 1.04. The lowest BCUT2D eigenvalue weighted by atomic mass is 10.1. The summed E-state index contributed by atoms with van der Waals surface area (Å²) in [7, 11) is 2.11. The van der Waals surface area contributed by atoms with Crippen molar-refractivity contribution < 1.29 is 13.7 Å². The van der Waals surface area contributed by atoms with Gasteiger partial charge < -0.3 is 9.64 Å². The van der Waals surface area contributed by atoms with Gasteiger partial charge in [0, 0.05) is 35.7 Å². The number of aryl methyl sites for hydroxylation is 2. The standard InChI is InChI=1S/C20H25NO3S/c1-15-9-16(2)11-17(10-15)13-25(23)14-20(22)21(3)12-18-7-5-6-8-19(18)24-4/h5-11H,12-14H2,1-4H3/t25-/m0/s1. The fraction of sp³-hybridized carbons (Fsp3) is 0.350. The van der Waals surface area contributed by atoms with Crippen LogP contribution < -0.4 is 4.74 Å². The van der Waals surface area contributed by atoms with E-state index in [0.29, 0.717) is 12.3 Å². The number of nitrogens with zero attached hydrogens (tertiary/aromatic N) is 1. The van der Waals surface area contributed by atoms with E-state index in [-0.39, 0.29) is 11.7 Å². The van der Waals surface area contributed by atoms with Gasteiger partial charge in [-0.1, -0.05) is 47.5 Å². The van der Waals surface area contributed by atoms with E-state index >= 15 is 0 Å². The number of carbonyl (C=O) groups excluding carboxylic acids is 1. The third-order valence-electron chi connectivity index (χ3n) is 3.92. The zero-order valence-electron chi connectivity index (χ0n) is 15.2. The Kier molecular flexibility index (Phi) is 6.76. The molecule has 1 amide bonds. The highest BCUT2D eigenvalue weighted by Crippen LogP contribution is 2.19. The van der Waals surface area contributed by atoms with Gasteiger partial charge in [-0.3, -0.25) is 9.00 Å². The molecule has 0 fully saturated rings. The molecular formula is C20H25NO3S. The third-order valence-corrected chi connectivity index (χ3v) is 5.14. The molecule has 0 bridgehead atoms. The first-order chi connectivity index (χ1) is 11.9. The van der Waals surface area contributed by atoms with Crippen LogP contribution in [0.1, 0.15) is 22.3 Å². The molecule has 0 N–H and O–H groups in total. The van der Waals surface area contributed by atoms with Crippen molar-refractivity contribution in [3.05, 3.63) is 64.7 Å². The fourth-order valence-corrected chi connectivity index (χ4v) is 3.95. The Hall–Kier alpha value is -2.14. The molecule has 2 rings (SSSR count). The van der Waals surface area contributed by atoms with Crippen molar-refractivity contribution >= 4 is 16.7 Å². The van der Waals surface area contributed by atoms with E-state index in [1.165, 1.54) is 0 Å². The van der Waals surface area contributed by atoms with Gasteiger partial charge in [-0.2, -0.15) is 0 Å². The molecule has 134 valence electrons. The zero-order valence-corrected chi connectivity index (χ0v) is 16.1. The lowest BCUT2D eigenvalue weighted by Crippen LogP contribution is -2.30. The summed E-state index contributed by atoms with van der Waals surface area (Å²) in [5, 5.41) is 0. The van der Waals surface area contributed by atoms with Crippen molar-refractivity contribution in [3.8, 4) is 5.75 Å². The van der Waals surface area contributed by atoms with Gasteiger partial charge >= 0.3 is 0 Å². The van der Waals surface area contributed by atoms with Crippen molar-refractivity contribution in [1.82, 2.24) is 4.90 Å². The van der Waals surface area contributed by atoms with Crippen LogP contribution in [0.15, 0.2) is 42.5 Å². The van der Waals surface area contributed by atoms with E-state index in [1.807, 2.05) is 50.2 Å². The SMILES string of the molecule is COc1ccccc1CN(C)C(=O)C[S@@](=O)Cc1cc(C)cc(C)c1. The van der Waals surface area contributed by atoms with E-state index in [9.17, 15) is 9.00 Å². The summed E-state index contributed by atoms with van der Waals surface area (Å²) in [5.41, 5.74) is 4.23. The van der Waals surface area contributed by atoms with E-state index in [4.69, 9.17) is 4.74 Å². The van der Waals surface area contributed by atoms with Gasteiger partial charge in [0.05, 0.1) is 7.11 Å². The molecule has 0 unspecified atom stereocenters. The van der Waals surface area contributed by atoms with Gasteiger partial charge in [0.2, 0.25) is 5.91 Å². The highest BCUT2D eigenvalue weighted by atomic mass is 32.2. The number of para-hydroxylation sites is 1. The maximum absolute atomic E-state index is 12.4. The Morgan fingerprint density at radius 3 is 2.40 bits per heavy atom. The smallest absolute Gasteiger partial charge is 0.235 e. The molecule has 0 aliphatic rings. The van der Waals surface area contributed by atoms with E-state index < -0.39 is 10.8 Å². The molecule has 0 spiro atoms. The maximum atomic E-state index is 12.4. The highest BCUT2D eigenvalue weighted by molar-refractivity contribution is 7.84. The van der Waals surface area contributed by atoms with E-state index in [0.717, 1.165) is 28.0 Å². The molecule has 2 aromatic rings. The number of methoxy groups -OCH3 is 1. The predicted octanol–water partition coefficient (Wildman–Crippen LogP) is 3.22. The number of hydrogen-bond acceptors (Lipinski definition) is 3. The molecule has 5 heteroatoms. The molecule has 1 atom stereocenters. The van der Waals surface area contributed by atoms with E-state index in [1.54, 1.807) is 19.1 Å².